The molecule has 0 spiro atoms. The Morgan fingerprint density at radius 1 is 1.00 bits per heavy atom. The highest BCUT2D eigenvalue weighted by atomic mass is 15.0. The van der Waals surface area contributed by atoms with E-state index in [2.05, 4.69) is 12.2 Å². The summed E-state index contributed by atoms with van der Waals surface area (Å²) in [6.07, 6.45) is 15.1. The van der Waals surface area contributed by atoms with E-state index in [1.807, 2.05) is 0 Å². The quantitative estimate of drug-likeness (QED) is 0.750. The molecule has 0 radical (unpaired) electrons. The van der Waals surface area contributed by atoms with Gasteiger partial charge in [0.1, 0.15) is 0 Å². The Kier molecular flexibility index (Phi) is 5.50. The third-order valence-electron chi connectivity index (χ3n) is 5.38. The molecule has 2 aliphatic rings. The minimum absolute atomic E-state index is 0.270. The number of hydrogen-bond acceptors (Lipinski definition) is 2. The van der Waals surface area contributed by atoms with Crippen LogP contribution in [0, 0.1) is 5.92 Å². The first-order chi connectivity index (χ1) is 8.78. The molecular weight excluding hydrogens is 220 g/mol. The third-order valence-corrected chi connectivity index (χ3v) is 5.38. The molecule has 0 saturated heterocycles. The van der Waals surface area contributed by atoms with Crippen LogP contribution in [0.5, 0.6) is 0 Å². The van der Waals surface area contributed by atoms with Crippen molar-refractivity contribution in [2.45, 2.75) is 89.1 Å². The van der Waals surface area contributed by atoms with Crippen molar-refractivity contribution < 1.29 is 0 Å². The maximum absolute atomic E-state index is 6.15. The van der Waals surface area contributed by atoms with Crippen molar-refractivity contribution in [3.8, 4) is 0 Å². The fourth-order valence-corrected chi connectivity index (χ4v) is 3.97. The lowest BCUT2D eigenvalue weighted by molar-refractivity contribution is 0.225. The summed E-state index contributed by atoms with van der Waals surface area (Å²) in [5.74, 6) is 0.951. The van der Waals surface area contributed by atoms with E-state index in [4.69, 9.17) is 5.73 Å². The summed E-state index contributed by atoms with van der Waals surface area (Å²) < 4.78 is 0. The zero-order valence-electron chi connectivity index (χ0n) is 12.2. The monoisotopic (exact) mass is 252 g/mol. The van der Waals surface area contributed by atoms with Gasteiger partial charge in [0.2, 0.25) is 0 Å². The summed E-state index contributed by atoms with van der Waals surface area (Å²) in [4.78, 5) is 0. The molecule has 2 unspecified atom stereocenters. The van der Waals surface area contributed by atoms with Gasteiger partial charge in [0, 0.05) is 18.1 Å². The molecule has 0 bridgehead atoms. The van der Waals surface area contributed by atoms with Crippen LogP contribution < -0.4 is 11.1 Å². The molecule has 2 heteroatoms. The second-order valence-electron chi connectivity index (χ2n) is 6.67. The van der Waals surface area contributed by atoms with Crippen LogP contribution in [-0.4, -0.2) is 18.1 Å². The number of hydrogen-bond donors (Lipinski definition) is 2. The average Bonchev–Trinajstić information content (AvgIpc) is 2.63. The van der Waals surface area contributed by atoms with Crippen LogP contribution in [-0.2, 0) is 0 Å². The first-order valence-corrected chi connectivity index (χ1v) is 8.26. The van der Waals surface area contributed by atoms with Crippen LogP contribution >= 0.6 is 0 Å². The van der Waals surface area contributed by atoms with Crippen molar-refractivity contribution in [2.24, 2.45) is 11.7 Å². The number of nitrogens with two attached hydrogens (primary N) is 1. The fourth-order valence-electron chi connectivity index (χ4n) is 3.97. The maximum atomic E-state index is 6.15. The molecule has 0 aromatic heterocycles. The van der Waals surface area contributed by atoms with Gasteiger partial charge in [-0.1, -0.05) is 45.4 Å². The first-order valence-electron chi connectivity index (χ1n) is 8.26. The van der Waals surface area contributed by atoms with Crippen molar-refractivity contribution in [3.63, 3.8) is 0 Å². The molecule has 0 amide bonds. The van der Waals surface area contributed by atoms with Gasteiger partial charge in [0.25, 0.3) is 0 Å². The predicted molar refractivity (Wildman–Crippen MR) is 78.7 cm³/mol. The van der Waals surface area contributed by atoms with Crippen LogP contribution in [0.15, 0.2) is 0 Å². The SMILES string of the molecule is CCC1CCCC(CN)(NC2CCCCC2)CC1. The molecule has 0 aliphatic heterocycles. The van der Waals surface area contributed by atoms with Crippen molar-refractivity contribution in [2.75, 3.05) is 6.54 Å². The Balaban J connectivity index is 1.91. The molecule has 0 aromatic carbocycles. The van der Waals surface area contributed by atoms with E-state index < -0.39 is 0 Å². The first kappa shape index (κ1) is 14.3. The molecular formula is C16H32N2. The highest BCUT2D eigenvalue weighted by molar-refractivity contribution is 4.94. The predicted octanol–water partition coefficient (Wildman–Crippen LogP) is 3.60. The van der Waals surface area contributed by atoms with Crippen molar-refractivity contribution in [1.29, 1.82) is 0 Å². The Morgan fingerprint density at radius 2 is 1.78 bits per heavy atom. The average molecular weight is 252 g/mol. The Labute approximate surface area is 113 Å². The van der Waals surface area contributed by atoms with E-state index in [1.54, 1.807) is 0 Å². The molecule has 2 saturated carbocycles. The van der Waals surface area contributed by atoms with Gasteiger partial charge in [-0.25, -0.2) is 0 Å². The van der Waals surface area contributed by atoms with Gasteiger partial charge >= 0.3 is 0 Å². The van der Waals surface area contributed by atoms with Gasteiger partial charge in [0.15, 0.2) is 0 Å². The molecule has 0 aromatic rings. The molecule has 2 atom stereocenters. The van der Waals surface area contributed by atoms with Crippen LogP contribution in [0.4, 0.5) is 0 Å². The molecule has 106 valence electrons. The second-order valence-corrected chi connectivity index (χ2v) is 6.67. The van der Waals surface area contributed by atoms with E-state index in [0.29, 0.717) is 0 Å². The van der Waals surface area contributed by atoms with Gasteiger partial charge in [-0.15, -0.1) is 0 Å². The lowest BCUT2D eigenvalue weighted by atomic mass is 9.86. The fraction of sp³-hybridized carbons (Fsp3) is 1.00. The Morgan fingerprint density at radius 3 is 2.44 bits per heavy atom. The Bertz CT molecular complexity index is 235. The molecule has 3 N–H and O–H groups in total. The van der Waals surface area contributed by atoms with E-state index in [9.17, 15) is 0 Å². The summed E-state index contributed by atoms with van der Waals surface area (Å²) in [5, 5.41) is 3.98. The van der Waals surface area contributed by atoms with Gasteiger partial charge in [-0.05, 0) is 38.0 Å². The second kappa shape index (κ2) is 6.91. The largest absolute Gasteiger partial charge is 0.329 e. The maximum Gasteiger partial charge on any atom is 0.0306 e. The van der Waals surface area contributed by atoms with E-state index in [0.717, 1.165) is 18.5 Å². The zero-order valence-corrected chi connectivity index (χ0v) is 12.2. The summed E-state index contributed by atoms with van der Waals surface area (Å²) in [5.41, 5.74) is 6.42. The zero-order chi connectivity index (χ0) is 12.8. The van der Waals surface area contributed by atoms with E-state index in [1.165, 1.54) is 70.6 Å². The molecule has 2 aliphatic carbocycles. The van der Waals surface area contributed by atoms with Crippen LogP contribution in [0.25, 0.3) is 0 Å². The molecule has 2 fully saturated rings. The smallest absolute Gasteiger partial charge is 0.0306 e. The van der Waals surface area contributed by atoms with Gasteiger partial charge < -0.3 is 11.1 Å². The van der Waals surface area contributed by atoms with Crippen molar-refractivity contribution >= 4 is 0 Å². The van der Waals surface area contributed by atoms with Crippen LogP contribution in [0.1, 0.15) is 77.6 Å². The van der Waals surface area contributed by atoms with Gasteiger partial charge in [-0.3, -0.25) is 0 Å². The van der Waals surface area contributed by atoms with E-state index >= 15 is 0 Å². The standard InChI is InChI=1S/C16H32N2/c1-2-14-7-6-11-16(13-17,12-10-14)18-15-8-4-3-5-9-15/h14-15,18H,2-13,17H2,1H3. The minimum atomic E-state index is 0.270. The summed E-state index contributed by atoms with van der Waals surface area (Å²) >= 11 is 0. The molecule has 18 heavy (non-hydrogen) atoms. The minimum Gasteiger partial charge on any atom is -0.329 e. The van der Waals surface area contributed by atoms with E-state index in [-0.39, 0.29) is 5.54 Å². The summed E-state index contributed by atoms with van der Waals surface area (Å²) in [6, 6.07) is 0.750. The van der Waals surface area contributed by atoms with Crippen LogP contribution in [0.3, 0.4) is 0 Å². The van der Waals surface area contributed by atoms with Crippen molar-refractivity contribution in [1.82, 2.24) is 5.32 Å². The lowest BCUT2D eigenvalue weighted by Crippen LogP contribution is -2.55. The van der Waals surface area contributed by atoms with Crippen molar-refractivity contribution in [3.05, 3.63) is 0 Å². The molecule has 2 rings (SSSR count). The highest BCUT2D eigenvalue weighted by Gasteiger charge is 2.33. The number of rotatable bonds is 4. The highest BCUT2D eigenvalue weighted by Crippen LogP contribution is 2.33. The third kappa shape index (κ3) is 3.71. The summed E-state index contributed by atoms with van der Waals surface area (Å²) in [7, 11) is 0. The van der Waals surface area contributed by atoms with Gasteiger partial charge in [0.05, 0.1) is 0 Å². The molecule has 0 heterocycles. The van der Waals surface area contributed by atoms with Crippen LogP contribution in [0.2, 0.25) is 0 Å². The number of nitrogens with one attached hydrogen (secondary N) is 1. The lowest BCUT2D eigenvalue weighted by Gasteiger charge is -2.38. The molecule has 2 nitrogen and oxygen atoms in total. The Hall–Kier alpha value is -0.0800. The topological polar surface area (TPSA) is 38.0 Å². The van der Waals surface area contributed by atoms with Gasteiger partial charge in [-0.2, -0.15) is 0 Å². The summed E-state index contributed by atoms with van der Waals surface area (Å²) in [6.45, 7) is 3.18. The normalized spacial score (nSPS) is 35.3.